The molecule has 0 fully saturated rings. The second-order valence-corrected chi connectivity index (χ2v) is 7.13. The lowest BCUT2D eigenvalue weighted by molar-refractivity contribution is 0.205. The Hall–Kier alpha value is -2.63. The van der Waals surface area contributed by atoms with Gasteiger partial charge >= 0.3 is 0 Å². The molecule has 1 aliphatic rings. The summed E-state index contributed by atoms with van der Waals surface area (Å²) in [6.07, 6.45) is 7.70. The number of aromatic nitrogens is 2. The average Bonchev–Trinajstić information content (AvgIpc) is 2.67. The second-order valence-electron chi connectivity index (χ2n) is 6.10. The van der Waals surface area contributed by atoms with Crippen LogP contribution < -0.4 is 4.90 Å². The number of rotatable bonds is 4. The monoisotopic (exact) mass is 361 g/mol. The first-order valence-electron chi connectivity index (χ1n) is 8.39. The number of hydrogen-bond acceptors (Lipinski definition) is 5. The fraction of sp³-hybridized carbons (Fsp3) is 0.143. The van der Waals surface area contributed by atoms with Crippen LogP contribution in [0.2, 0.25) is 0 Å². The van der Waals surface area contributed by atoms with Gasteiger partial charge in [-0.1, -0.05) is 59.8 Å². The predicted molar refractivity (Wildman–Crippen MR) is 107 cm³/mol. The van der Waals surface area contributed by atoms with Gasteiger partial charge in [0, 0.05) is 24.4 Å². The van der Waals surface area contributed by atoms with E-state index in [9.17, 15) is 0 Å². The SMILES string of the molecule is COCN1c2cc(/C=C/c3ccc(C)cc3)ccc2Sc2nccnc21. The van der Waals surface area contributed by atoms with Gasteiger partial charge in [0.15, 0.2) is 5.82 Å². The summed E-state index contributed by atoms with van der Waals surface area (Å²) in [5.74, 6) is 0.839. The van der Waals surface area contributed by atoms with Crippen molar-refractivity contribution in [2.24, 2.45) is 0 Å². The van der Waals surface area contributed by atoms with E-state index >= 15 is 0 Å². The molecule has 0 aliphatic carbocycles. The van der Waals surface area contributed by atoms with Gasteiger partial charge in [0.05, 0.1) is 5.69 Å². The molecule has 130 valence electrons. The first-order valence-corrected chi connectivity index (χ1v) is 9.20. The third kappa shape index (κ3) is 3.36. The Morgan fingerprint density at radius 1 is 1.00 bits per heavy atom. The lowest BCUT2D eigenvalue weighted by atomic mass is 10.1. The maximum Gasteiger partial charge on any atom is 0.168 e. The molecule has 0 saturated heterocycles. The number of anilines is 2. The minimum absolute atomic E-state index is 0.435. The van der Waals surface area contributed by atoms with Crippen molar-refractivity contribution in [1.29, 1.82) is 0 Å². The van der Waals surface area contributed by atoms with E-state index in [1.54, 1.807) is 31.3 Å². The van der Waals surface area contributed by atoms with Gasteiger partial charge in [-0.15, -0.1) is 0 Å². The Bertz CT molecular complexity index is 954. The second kappa shape index (κ2) is 7.32. The van der Waals surface area contributed by atoms with Crippen molar-refractivity contribution >= 4 is 35.4 Å². The molecule has 26 heavy (non-hydrogen) atoms. The summed E-state index contributed by atoms with van der Waals surface area (Å²) in [6.45, 7) is 2.53. The van der Waals surface area contributed by atoms with E-state index < -0.39 is 0 Å². The summed E-state index contributed by atoms with van der Waals surface area (Å²) in [5.41, 5.74) is 4.69. The molecule has 0 amide bonds. The predicted octanol–water partition coefficient (Wildman–Crippen LogP) is 5.16. The molecule has 0 saturated carbocycles. The smallest absolute Gasteiger partial charge is 0.168 e. The van der Waals surface area contributed by atoms with Crippen molar-refractivity contribution < 1.29 is 4.74 Å². The van der Waals surface area contributed by atoms with Crippen molar-refractivity contribution in [2.75, 3.05) is 18.7 Å². The third-order valence-corrected chi connectivity index (χ3v) is 5.23. The summed E-state index contributed by atoms with van der Waals surface area (Å²) >= 11 is 1.64. The lowest BCUT2D eigenvalue weighted by Gasteiger charge is -2.30. The van der Waals surface area contributed by atoms with Crippen molar-refractivity contribution in [3.63, 3.8) is 0 Å². The van der Waals surface area contributed by atoms with Gasteiger partial charge in [0.2, 0.25) is 0 Å². The maximum atomic E-state index is 5.41. The van der Waals surface area contributed by atoms with Gasteiger partial charge in [-0.2, -0.15) is 0 Å². The zero-order chi connectivity index (χ0) is 17.9. The molecule has 0 atom stereocenters. The van der Waals surface area contributed by atoms with Crippen LogP contribution >= 0.6 is 11.8 Å². The molecule has 1 aliphatic heterocycles. The van der Waals surface area contributed by atoms with Gasteiger partial charge in [0.1, 0.15) is 11.8 Å². The number of nitrogens with zero attached hydrogens (tertiary/aromatic N) is 3. The first-order chi connectivity index (χ1) is 12.7. The molecule has 4 rings (SSSR count). The maximum absolute atomic E-state index is 5.41. The van der Waals surface area contributed by atoms with E-state index in [4.69, 9.17) is 4.74 Å². The number of methoxy groups -OCH3 is 1. The molecular weight excluding hydrogens is 342 g/mol. The van der Waals surface area contributed by atoms with E-state index in [0.29, 0.717) is 6.73 Å². The van der Waals surface area contributed by atoms with Crippen LogP contribution in [0.5, 0.6) is 0 Å². The van der Waals surface area contributed by atoms with Crippen molar-refractivity contribution in [3.8, 4) is 0 Å². The normalized spacial score (nSPS) is 12.9. The molecule has 0 bridgehead atoms. The summed E-state index contributed by atoms with van der Waals surface area (Å²) in [5, 5.41) is 0.903. The van der Waals surface area contributed by atoms with Gasteiger partial charge in [-0.05, 0) is 30.2 Å². The van der Waals surface area contributed by atoms with Crippen LogP contribution in [0.15, 0.2) is 64.8 Å². The number of hydrogen-bond donors (Lipinski definition) is 0. The van der Waals surface area contributed by atoms with E-state index in [1.165, 1.54) is 11.1 Å². The molecule has 0 radical (unpaired) electrons. The number of fused-ring (bicyclic) bond motifs is 2. The van der Waals surface area contributed by atoms with Crippen LogP contribution in [0, 0.1) is 6.92 Å². The highest BCUT2D eigenvalue weighted by molar-refractivity contribution is 7.99. The molecule has 0 spiro atoms. The van der Waals surface area contributed by atoms with Crippen LogP contribution in [0.4, 0.5) is 11.5 Å². The Morgan fingerprint density at radius 2 is 1.73 bits per heavy atom. The lowest BCUT2D eigenvalue weighted by Crippen LogP contribution is -2.24. The largest absolute Gasteiger partial charge is 0.364 e. The zero-order valence-electron chi connectivity index (χ0n) is 14.7. The van der Waals surface area contributed by atoms with Gasteiger partial charge in [-0.25, -0.2) is 9.97 Å². The number of ether oxygens (including phenoxy) is 1. The van der Waals surface area contributed by atoms with Gasteiger partial charge < -0.3 is 4.74 Å². The summed E-state index contributed by atoms with van der Waals surface area (Å²) < 4.78 is 5.41. The third-order valence-electron chi connectivity index (χ3n) is 4.19. The van der Waals surface area contributed by atoms with Crippen molar-refractivity contribution in [1.82, 2.24) is 9.97 Å². The fourth-order valence-corrected chi connectivity index (χ4v) is 3.84. The molecule has 4 nitrogen and oxygen atoms in total. The Kier molecular flexibility index (Phi) is 4.73. The molecule has 0 N–H and O–H groups in total. The molecule has 2 aromatic carbocycles. The highest BCUT2D eigenvalue weighted by Gasteiger charge is 2.25. The first kappa shape index (κ1) is 16.8. The standard InChI is InChI=1S/C21H19N3OS/c1-15-3-5-16(6-4-15)7-8-17-9-10-19-18(13-17)24(14-25-2)20-21(26-19)23-12-11-22-20/h3-13H,14H2,1-2H3/b8-7+. The topological polar surface area (TPSA) is 38.2 Å². The number of aryl methyl sites for hydroxylation is 1. The van der Waals surface area contributed by atoms with Crippen LogP contribution in [-0.4, -0.2) is 23.8 Å². The summed E-state index contributed by atoms with van der Waals surface area (Å²) in [6, 6.07) is 14.9. The highest BCUT2D eigenvalue weighted by Crippen LogP contribution is 2.46. The highest BCUT2D eigenvalue weighted by atomic mass is 32.2. The quantitative estimate of drug-likeness (QED) is 0.600. The van der Waals surface area contributed by atoms with E-state index in [2.05, 4.69) is 76.4 Å². The van der Waals surface area contributed by atoms with Gasteiger partial charge in [-0.3, -0.25) is 4.90 Å². The molecule has 2 heterocycles. The minimum Gasteiger partial charge on any atom is -0.364 e. The molecule has 5 heteroatoms. The van der Waals surface area contributed by atoms with Crippen LogP contribution in [0.3, 0.4) is 0 Å². The summed E-state index contributed by atoms with van der Waals surface area (Å²) in [7, 11) is 1.69. The van der Waals surface area contributed by atoms with Crippen molar-refractivity contribution in [2.45, 2.75) is 16.8 Å². The molecule has 3 aromatic rings. The fourth-order valence-electron chi connectivity index (χ4n) is 2.86. The van der Waals surface area contributed by atoms with E-state index in [1.807, 2.05) is 0 Å². The molecule has 0 unspecified atom stereocenters. The average molecular weight is 361 g/mol. The van der Waals surface area contributed by atoms with Crippen LogP contribution in [-0.2, 0) is 4.74 Å². The molecular formula is C21H19N3OS. The van der Waals surface area contributed by atoms with Crippen molar-refractivity contribution in [3.05, 3.63) is 71.5 Å². The zero-order valence-corrected chi connectivity index (χ0v) is 15.5. The Labute approximate surface area is 157 Å². The minimum atomic E-state index is 0.435. The van der Waals surface area contributed by atoms with Crippen LogP contribution in [0.25, 0.3) is 12.2 Å². The van der Waals surface area contributed by atoms with E-state index in [-0.39, 0.29) is 0 Å². The summed E-state index contributed by atoms with van der Waals surface area (Å²) in [4.78, 5) is 12.2. The van der Waals surface area contributed by atoms with Gasteiger partial charge in [0.25, 0.3) is 0 Å². The molecule has 1 aromatic heterocycles. The Morgan fingerprint density at radius 3 is 2.54 bits per heavy atom. The number of benzene rings is 2. The van der Waals surface area contributed by atoms with E-state index in [0.717, 1.165) is 27.0 Å². The van der Waals surface area contributed by atoms with Crippen LogP contribution in [0.1, 0.15) is 16.7 Å². The Balaban J connectivity index is 1.67.